The van der Waals surface area contributed by atoms with E-state index >= 15 is 0 Å². The van der Waals surface area contributed by atoms with E-state index in [-0.39, 0.29) is 12.2 Å². The third-order valence-electron chi connectivity index (χ3n) is 6.09. The van der Waals surface area contributed by atoms with Gasteiger partial charge in [-0.3, -0.25) is 14.7 Å². The van der Waals surface area contributed by atoms with Crippen LogP contribution in [0.1, 0.15) is 11.1 Å². The lowest BCUT2D eigenvalue weighted by Crippen LogP contribution is -2.74. The molecular formula is C22H23N5O2. The molecule has 0 aliphatic carbocycles. The van der Waals surface area contributed by atoms with Crippen LogP contribution in [0.4, 0.5) is 0 Å². The third-order valence-corrected chi connectivity index (χ3v) is 6.09. The van der Waals surface area contributed by atoms with Crippen molar-refractivity contribution in [1.29, 1.82) is 0 Å². The number of ether oxygens (including phenoxy) is 2. The summed E-state index contributed by atoms with van der Waals surface area (Å²) in [7, 11) is 0. The molecule has 4 bridgehead atoms. The third kappa shape index (κ3) is 3.02. The minimum Gasteiger partial charge on any atom is -0.454 e. The molecule has 0 unspecified atom stereocenters. The molecule has 29 heavy (non-hydrogen) atoms. The second-order valence-electron chi connectivity index (χ2n) is 8.36. The first kappa shape index (κ1) is 17.1. The quantitative estimate of drug-likeness (QED) is 0.592. The standard InChI is InChI=1S/C22H23N5O2/c1-2-4-18(5-3-1)21(22-10-25-13-26(11-22)15-27(12-22)14-25)24-23-9-17-6-7-19-20(8-17)29-16-28-19/h1-9H,10-16H2/b23-9+,24-21-. The van der Waals surface area contributed by atoms with Gasteiger partial charge in [0.05, 0.1) is 37.3 Å². The molecule has 5 aliphatic rings. The van der Waals surface area contributed by atoms with Crippen LogP contribution >= 0.6 is 0 Å². The number of fused-ring (bicyclic) bond motifs is 1. The van der Waals surface area contributed by atoms with Gasteiger partial charge >= 0.3 is 0 Å². The molecule has 0 radical (unpaired) electrons. The zero-order valence-corrected chi connectivity index (χ0v) is 16.2. The van der Waals surface area contributed by atoms with E-state index in [1.807, 2.05) is 24.3 Å². The Morgan fingerprint density at radius 2 is 1.55 bits per heavy atom. The van der Waals surface area contributed by atoms with Crippen molar-refractivity contribution < 1.29 is 9.47 Å². The first-order valence-corrected chi connectivity index (χ1v) is 10.0. The summed E-state index contributed by atoms with van der Waals surface area (Å²) >= 11 is 0. The molecule has 2 aromatic rings. The maximum atomic E-state index is 5.46. The summed E-state index contributed by atoms with van der Waals surface area (Å²) in [4.78, 5) is 7.53. The van der Waals surface area contributed by atoms with Crippen molar-refractivity contribution in [3.8, 4) is 11.5 Å². The number of nitrogens with zero attached hydrogens (tertiary/aromatic N) is 5. The van der Waals surface area contributed by atoms with E-state index in [2.05, 4.69) is 44.1 Å². The molecule has 0 N–H and O–H groups in total. The fourth-order valence-electron chi connectivity index (χ4n) is 5.15. The Morgan fingerprint density at radius 1 is 0.862 bits per heavy atom. The average Bonchev–Trinajstić information content (AvgIpc) is 3.18. The molecule has 0 saturated carbocycles. The van der Waals surface area contributed by atoms with E-state index in [0.717, 1.165) is 68.0 Å². The highest BCUT2D eigenvalue weighted by atomic mass is 16.7. The number of rotatable bonds is 4. The first-order valence-electron chi connectivity index (χ1n) is 10.0. The molecular weight excluding hydrogens is 366 g/mol. The molecule has 0 spiro atoms. The number of benzene rings is 2. The van der Waals surface area contributed by atoms with Crippen LogP contribution in [-0.4, -0.2) is 73.1 Å². The first-order chi connectivity index (χ1) is 14.3. The van der Waals surface area contributed by atoms with Gasteiger partial charge in [0, 0.05) is 19.6 Å². The Morgan fingerprint density at radius 3 is 2.28 bits per heavy atom. The second-order valence-corrected chi connectivity index (χ2v) is 8.36. The Labute approximate surface area is 169 Å². The van der Waals surface area contributed by atoms with Gasteiger partial charge in [-0.05, 0) is 29.3 Å². The lowest BCUT2D eigenvalue weighted by molar-refractivity contribution is -0.149. The lowest BCUT2D eigenvalue weighted by atomic mass is 9.74. The van der Waals surface area contributed by atoms with Gasteiger partial charge < -0.3 is 9.47 Å². The zero-order valence-electron chi connectivity index (χ0n) is 16.2. The van der Waals surface area contributed by atoms with E-state index in [0.29, 0.717) is 0 Å². The summed E-state index contributed by atoms with van der Waals surface area (Å²) in [6.45, 7) is 6.55. The van der Waals surface area contributed by atoms with Gasteiger partial charge in [-0.2, -0.15) is 10.2 Å². The fraction of sp³-hybridized carbons (Fsp3) is 0.364. The van der Waals surface area contributed by atoms with Gasteiger partial charge in [0.2, 0.25) is 6.79 Å². The normalized spacial score (nSPS) is 32.3. The van der Waals surface area contributed by atoms with Gasteiger partial charge in [-0.25, -0.2) is 0 Å². The van der Waals surface area contributed by atoms with Crippen LogP contribution in [-0.2, 0) is 0 Å². The van der Waals surface area contributed by atoms with Crippen molar-refractivity contribution in [2.45, 2.75) is 0 Å². The van der Waals surface area contributed by atoms with Crippen molar-refractivity contribution >= 4 is 11.9 Å². The monoisotopic (exact) mass is 389 g/mol. The maximum absolute atomic E-state index is 5.46. The van der Waals surface area contributed by atoms with Crippen molar-refractivity contribution in [2.24, 2.45) is 15.6 Å². The summed E-state index contributed by atoms with van der Waals surface area (Å²) in [5.74, 6) is 1.54. The van der Waals surface area contributed by atoms with E-state index in [4.69, 9.17) is 14.6 Å². The lowest BCUT2D eigenvalue weighted by Gasteiger charge is -2.60. The van der Waals surface area contributed by atoms with Crippen molar-refractivity contribution in [1.82, 2.24) is 14.7 Å². The highest BCUT2D eigenvalue weighted by molar-refractivity contribution is 6.05. The summed E-state index contributed by atoms with van der Waals surface area (Å²) in [5, 5.41) is 9.32. The predicted octanol–water partition coefficient (Wildman–Crippen LogP) is 2.04. The van der Waals surface area contributed by atoms with Crippen LogP contribution in [0.2, 0.25) is 0 Å². The van der Waals surface area contributed by atoms with Crippen molar-refractivity contribution in [3.63, 3.8) is 0 Å². The maximum Gasteiger partial charge on any atom is 0.231 e. The number of hydrogen-bond donors (Lipinski definition) is 0. The largest absolute Gasteiger partial charge is 0.454 e. The van der Waals surface area contributed by atoms with Crippen LogP contribution in [0.25, 0.3) is 0 Å². The van der Waals surface area contributed by atoms with Gasteiger partial charge in [0.25, 0.3) is 0 Å². The Balaban J connectivity index is 1.36. The predicted molar refractivity (Wildman–Crippen MR) is 110 cm³/mol. The summed E-state index contributed by atoms with van der Waals surface area (Å²) in [6.07, 6.45) is 1.80. The van der Waals surface area contributed by atoms with E-state index in [1.54, 1.807) is 6.21 Å². The smallest absolute Gasteiger partial charge is 0.231 e. The summed E-state index contributed by atoms with van der Waals surface area (Å²) < 4.78 is 10.8. The molecule has 7 heteroatoms. The van der Waals surface area contributed by atoms with Gasteiger partial charge in [-0.15, -0.1) is 0 Å². The van der Waals surface area contributed by atoms with Crippen LogP contribution in [0.5, 0.6) is 11.5 Å². The fourth-order valence-corrected chi connectivity index (χ4v) is 5.15. The molecule has 0 atom stereocenters. The molecule has 0 amide bonds. The minimum absolute atomic E-state index is 0.0116. The zero-order chi connectivity index (χ0) is 19.3. The van der Waals surface area contributed by atoms with Crippen LogP contribution < -0.4 is 9.47 Å². The topological polar surface area (TPSA) is 52.9 Å². The van der Waals surface area contributed by atoms with Gasteiger partial charge in [0.1, 0.15) is 0 Å². The molecule has 4 saturated heterocycles. The molecule has 2 aromatic carbocycles. The summed E-state index contributed by atoms with van der Waals surface area (Å²) in [5.41, 5.74) is 3.17. The highest BCUT2D eigenvalue weighted by Crippen LogP contribution is 2.38. The second kappa shape index (κ2) is 6.66. The van der Waals surface area contributed by atoms with E-state index in [9.17, 15) is 0 Å². The Hall–Kier alpha value is -2.74. The highest BCUT2D eigenvalue weighted by Gasteiger charge is 2.51. The molecule has 7 nitrogen and oxygen atoms in total. The number of hydrogen-bond acceptors (Lipinski definition) is 7. The van der Waals surface area contributed by atoms with Crippen LogP contribution in [0.3, 0.4) is 0 Å². The van der Waals surface area contributed by atoms with Crippen molar-refractivity contribution in [2.75, 3.05) is 46.4 Å². The van der Waals surface area contributed by atoms with Crippen LogP contribution in [0, 0.1) is 5.41 Å². The van der Waals surface area contributed by atoms with Gasteiger partial charge in [-0.1, -0.05) is 30.3 Å². The molecule has 148 valence electrons. The minimum atomic E-state index is -0.0116. The van der Waals surface area contributed by atoms with Crippen molar-refractivity contribution in [3.05, 3.63) is 59.7 Å². The average molecular weight is 389 g/mol. The molecule has 5 heterocycles. The Kier molecular flexibility index (Phi) is 3.94. The molecule has 7 rings (SSSR count). The SMILES string of the molecule is C(=N\N=C(\c1ccccc1)C12CN3CN(CN(C3)C1)C2)/c1ccc2c(c1)OCO2. The van der Waals surface area contributed by atoms with Gasteiger partial charge in [0.15, 0.2) is 11.5 Å². The molecule has 4 fully saturated rings. The Bertz CT molecular complexity index is 953. The molecule has 5 aliphatic heterocycles. The van der Waals surface area contributed by atoms with Crippen LogP contribution in [0.15, 0.2) is 58.7 Å². The summed E-state index contributed by atoms with van der Waals surface area (Å²) in [6, 6.07) is 16.3. The van der Waals surface area contributed by atoms with E-state index < -0.39 is 0 Å². The molecule has 0 aromatic heterocycles. The van der Waals surface area contributed by atoms with E-state index in [1.165, 1.54) is 0 Å².